The van der Waals surface area contributed by atoms with Crippen LogP contribution in [0.15, 0.2) is 0 Å². The summed E-state index contributed by atoms with van der Waals surface area (Å²) in [6.45, 7) is 0. The van der Waals surface area contributed by atoms with Crippen molar-refractivity contribution in [3.63, 3.8) is 0 Å². The van der Waals surface area contributed by atoms with Crippen LogP contribution in [-0.4, -0.2) is 16.2 Å². The van der Waals surface area contributed by atoms with Crippen molar-refractivity contribution in [2.75, 3.05) is 0 Å². The first kappa shape index (κ1) is 21.6. The fourth-order valence-electron chi connectivity index (χ4n) is 2.42. The quantitative estimate of drug-likeness (QED) is 0.106. The van der Waals surface area contributed by atoms with Crippen LogP contribution in [0, 0.1) is 29.1 Å². The van der Waals surface area contributed by atoms with E-state index in [1.165, 1.54) is 35.5 Å². The lowest BCUT2D eigenvalue weighted by Crippen LogP contribution is -2.13. The minimum absolute atomic E-state index is 0.139. The topological polar surface area (TPSA) is 26.3 Å². The van der Waals surface area contributed by atoms with Gasteiger partial charge in [0.1, 0.15) is 0 Å². The van der Waals surface area contributed by atoms with Gasteiger partial charge in [-0.15, -0.1) is 0 Å². The van der Waals surface area contributed by atoms with E-state index in [-0.39, 0.29) is 6.42 Å². The molecule has 0 aromatic heterocycles. The first-order valence-corrected chi connectivity index (χ1v) is 10.0. The zero-order chi connectivity index (χ0) is 18.8. The van der Waals surface area contributed by atoms with Crippen molar-refractivity contribution in [1.82, 2.24) is 0 Å². The molecule has 2 nitrogen and oxygen atoms in total. The smallest absolute Gasteiger partial charge is 0.311 e. The highest BCUT2D eigenvalue weighted by molar-refractivity contribution is 6.08. The van der Waals surface area contributed by atoms with Crippen molar-refractivity contribution in [1.29, 1.82) is 0 Å². The Balaban J connectivity index is 2.34. The highest BCUT2D eigenvalue weighted by Gasteiger charge is 2.28. The molecular formula is C17H23F5O2Si. The fraction of sp³-hybridized carbons (Fsp3) is 0.588. The number of carbonyl (C=O) groups is 1. The van der Waals surface area contributed by atoms with Crippen molar-refractivity contribution in [2.24, 2.45) is 0 Å². The molecule has 0 N–H and O–H groups in total. The molecular weight excluding hydrogens is 359 g/mol. The molecule has 0 atom stereocenters. The van der Waals surface area contributed by atoms with Crippen LogP contribution in [-0.2, 0) is 4.79 Å². The van der Waals surface area contributed by atoms with Gasteiger partial charge >= 0.3 is 5.97 Å². The molecule has 1 rings (SSSR count). The van der Waals surface area contributed by atoms with Gasteiger partial charge in [-0.3, -0.25) is 4.79 Å². The Kier molecular flexibility index (Phi) is 9.70. The molecule has 1 aromatic carbocycles. The van der Waals surface area contributed by atoms with E-state index in [9.17, 15) is 26.7 Å². The van der Waals surface area contributed by atoms with E-state index in [1.807, 2.05) is 0 Å². The van der Waals surface area contributed by atoms with Gasteiger partial charge in [0.2, 0.25) is 34.8 Å². The van der Waals surface area contributed by atoms with Crippen molar-refractivity contribution in [3.8, 4) is 5.75 Å². The normalized spacial score (nSPS) is 11.1. The Morgan fingerprint density at radius 1 is 0.680 bits per heavy atom. The third-order valence-corrected chi connectivity index (χ3v) is 4.58. The first-order chi connectivity index (χ1) is 11.9. The Morgan fingerprint density at radius 2 is 1.08 bits per heavy atom. The minimum atomic E-state index is -2.28. The van der Waals surface area contributed by atoms with Gasteiger partial charge in [0.15, 0.2) is 0 Å². The van der Waals surface area contributed by atoms with E-state index in [1.54, 1.807) is 0 Å². The van der Waals surface area contributed by atoms with Gasteiger partial charge in [0.25, 0.3) is 0 Å². The number of hydrogen-bond acceptors (Lipinski definition) is 2. The van der Waals surface area contributed by atoms with Crippen LogP contribution >= 0.6 is 0 Å². The van der Waals surface area contributed by atoms with Crippen LogP contribution < -0.4 is 4.74 Å². The van der Waals surface area contributed by atoms with Gasteiger partial charge in [-0.05, 0) is 6.42 Å². The molecule has 0 unspecified atom stereocenters. The van der Waals surface area contributed by atoms with Crippen molar-refractivity contribution < 1.29 is 31.5 Å². The van der Waals surface area contributed by atoms with Gasteiger partial charge in [-0.2, -0.15) is 8.78 Å². The zero-order valence-corrected chi connectivity index (χ0v) is 16.3. The van der Waals surface area contributed by atoms with E-state index in [0.717, 1.165) is 25.7 Å². The van der Waals surface area contributed by atoms with E-state index >= 15 is 0 Å². The maximum atomic E-state index is 13.4. The molecule has 0 radical (unpaired) electrons. The zero-order valence-electron chi connectivity index (χ0n) is 14.3. The average Bonchev–Trinajstić information content (AvgIpc) is 2.60. The van der Waals surface area contributed by atoms with Crippen LogP contribution in [0.5, 0.6) is 5.75 Å². The maximum absolute atomic E-state index is 13.4. The minimum Gasteiger partial charge on any atom is -0.420 e. The molecule has 0 aliphatic carbocycles. The Morgan fingerprint density at radius 3 is 1.56 bits per heavy atom. The summed E-state index contributed by atoms with van der Waals surface area (Å²) in [7, 11) is 1.24. The summed E-state index contributed by atoms with van der Waals surface area (Å²) in [5, 5.41) is 0. The summed E-state index contributed by atoms with van der Waals surface area (Å²) in [4.78, 5) is 11.5. The van der Waals surface area contributed by atoms with Gasteiger partial charge in [0, 0.05) is 16.7 Å². The van der Waals surface area contributed by atoms with Gasteiger partial charge in [-0.25, -0.2) is 13.2 Å². The predicted octanol–water partition coefficient (Wildman–Crippen LogP) is 4.58. The van der Waals surface area contributed by atoms with Gasteiger partial charge in [0.05, 0.1) is 0 Å². The highest BCUT2D eigenvalue weighted by Crippen LogP contribution is 2.29. The molecule has 25 heavy (non-hydrogen) atoms. The lowest BCUT2D eigenvalue weighted by atomic mass is 10.1. The summed E-state index contributed by atoms with van der Waals surface area (Å²) >= 11 is 0. The van der Waals surface area contributed by atoms with E-state index in [4.69, 9.17) is 0 Å². The summed E-state index contributed by atoms with van der Waals surface area (Å²) in [6, 6.07) is 1.32. The molecule has 0 aliphatic heterocycles. The molecule has 0 fully saturated rings. The second-order valence-corrected chi connectivity index (χ2v) is 6.95. The molecule has 0 amide bonds. The standard InChI is InChI=1S/C17H23F5O2Si/c18-12-13(19)15(21)17(16(22)14(12)20)24-11(23)9-7-5-3-1-2-4-6-8-10-25/h1-10H2,25H3. The third-order valence-electron chi connectivity index (χ3n) is 3.87. The molecule has 0 spiro atoms. The Bertz CT molecular complexity index is 552. The fourth-order valence-corrected chi connectivity index (χ4v) is 2.92. The number of rotatable bonds is 11. The molecule has 0 aliphatic rings. The van der Waals surface area contributed by atoms with Crippen molar-refractivity contribution in [2.45, 2.75) is 63.8 Å². The van der Waals surface area contributed by atoms with E-state index < -0.39 is 40.8 Å². The number of hydrogen-bond donors (Lipinski definition) is 0. The SMILES string of the molecule is O=C(CCCCCCCCCC[SiH3])Oc1c(F)c(F)c(F)c(F)c1F. The van der Waals surface area contributed by atoms with Crippen molar-refractivity contribution >= 4 is 16.2 Å². The Labute approximate surface area is 147 Å². The number of benzene rings is 1. The molecule has 1 aromatic rings. The summed E-state index contributed by atoms with van der Waals surface area (Å²) in [5.41, 5.74) is 0. The second kappa shape index (κ2) is 11.2. The third kappa shape index (κ3) is 6.76. The van der Waals surface area contributed by atoms with Crippen LogP contribution in [0.3, 0.4) is 0 Å². The Hall–Kier alpha value is -1.44. The second-order valence-electron chi connectivity index (χ2n) is 5.95. The van der Waals surface area contributed by atoms with Crippen LogP contribution in [0.2, 0.25) is 6.04 Å². The van der Waals surface area contributed by atoms with Crippen molar-refractivity contribution in [3.05, 3.63) is 29.1 Å². The largest absolute Gasteiger partial charge is 0.420 e. The number of halogens is 5. The monoisotopic (exact) mass is 382 g/mol. The van der Waals surface area contributed by atoms with E-state index in [2.05, 4.69) is 4.74 Å². The summed E-state index contributed by atoms with van der Waals surface area (Å²) < 4.78 is 70.0. The van der Waals surface area contributed by atoms with Crippen LogP contribution in [0.1, 0.15) is 57.8 Å². The van der Waals surface area contributed by atoms with E-state index in [0.29, 0.717) is 6.42 Å². The summed E-state index contributed by atoms with van der Waals surface area (Å²) in [5.74, 6) is -13.4. The number of esters is 1. The lowest BCUT2D eigenvalue weighted by Gasteiger charge is -2.08. The molecule has 0 saturated heterocycles. The number of unbranched alkanes of at least 4 members (excludes halogenated alkanes) is 7. The molecule has 0 saturated carbocycles. The van der Waals surface area contributed by atoms with Gasteiger partial charge < -0.3 is 4.74 Å². The lowest BCUT2D eigenvalue weighted by molar-refractivity contribution is -0.135. The molecule has 8 heteroatoms. The maximum Gasteiger partial charge on any atom is 0.311 e. The number of ether oxygens (including phenoxy) is 1. The average molecular weight is 382 g/mol. The first-order valence-electron chi connectivity index (χ1n) is 8.62. The van der Waals surface area contributed by atoms with Crippen LogP contribution in [0.4, 0.5) is 22.0 Å². The summed E-state index contributed by atoms with van der Waals surface area (Å²) in [6.07, 6.45) is 7.89. The highest BCUT2D eigenvalue weighted by atomic mass is 28.1. The number of carbonyl (C=O) groups excluding carboxylic acids is 1. The molecule has 0 bridgehead atoms. The van der Waals surface area contributed by atoms with Gasteiger partial charge in [-0.1, -0.05) is 51.0 Å². The molecule has 0 heterocycles. The predicted molar refractivity (Wildman–Crippen MR) is 88.2 cm³/mol. The van der Waals surface area contributed by atoms with Crippen LogP contribution in [0.25, 0.3) is 0 Å². The molecule has 142 valence electrons.